The van der Waals surface area contributed by atoms with Crippen molar-refractivity contribution in [2.24, 2.45) is 5.92 Å². The summed E-state index contributed by atoms with van der Waals surface area (Å²) in [4.78, 5) is 0. The van der Waals surface area contributed by atoms with Crippen LogP contribution in [0.3, 0.4) is 0 Å². The van der Waals surface area contributed by atoms with Crippen LogP contribution in [0.4, 0.5) is 0 Å². The molecule has 1 aromatic carbocycles. The summed E-state index contributed by atoms with van der Waals surface area (Å²) < 4.78 is 35.9. The third kappa shape index (κ3) is 3.80. The molecule has 0 amide bonds. The van der Waals surface area contributed by atoms with Crippen LogP contribution in [0.25, 0.3) is 0 Å². The molecule has 0 saturated heterocycles. The van der Waals surface area contributed by atoms with Crippen LogP contribution in [0, 0.1) is 5.92 Å². The van der Waals surface area contributed by atoms with Gasteiger partial charge in [-0.15, -0.1) is 0 Å². The third-order valence-corrected chi connectivity index (χ3v) is 3.93. The SMILES string of the molecule is O=S(=O)(O)C[C@@H]1CC[C@@H]1OCc1ccccc1. The predicted molar refractivity (Wildman–Crippen MR) is 64.2 cm³/mol. The fourth-order valence-electron chi connectivity index (χ4n) is 2.00. The Morgan fingerprint density at radius 1 is 1.24 bits per heavy atom. The maximum Gasteiger partial charge on any atom is 0.265 e. The van der Waals surface area contributed by atoms with Crippen molar-refractivity contribution in [1.29, 1.82) is 0 Å². The van der Waals surface area contributed by atoms with Gasteiger partial charge in [-0.2, -0.15) is 8.42 Å². The van der Waals surface area contributed by atoms with E-state index in [0.29, 0.717) is 6.61 Å². The van der Waals surface area contributed by atoms with Crippen molar-refractivity contribution >= 4 is 10.1 Å². The summed E-state index contributed by atoms with van der Waals surface area (Å²) >= 11 is 0. The number of benzene rings is 1. The van der Waals surface area contributed by atoms with Gasteiger partial charge in [-0.3, -0.25) is 4.55 Å². The molecule has 1 N–H and O–H groups in total. The highest BCUT2D eigenvalue weighted by molar-refractivity contribution is 7.85. The molecule has 0 spiro atoms. The van der Waals surface area contributed by atoms with Gasteiger partial charge in [0, 0.05) is 5.92 Å². The Morgan fingerprint density at radius 2 is 1.94 bits per heavy atom. The van der Waals surface area contributed by atoms with Gasteiger partial charge in [0.05, 0.1) is 18.5 Å². The highest BCUT2D eigenvalue weighted by Crippen LogP contribution is 2.32. The predicted octanol–water partition coefficient (Wildman–Crippen LogP) is 1.87. The molecule has 0 heterocycles. The second kappa shape index (κ2) is 5.16. The molecule has 5 heteroatoms. The van der Waals surface area contributed by atoms with Crippen molar-refractivity contribution in [3.63, 3.8) is 0 Å². The minimum atomic E-state index is -3.88. The summed E-state index contributed by atoms with van der Waals surface area (Å²) in [5.41, 5.74) is 1.07. The lowest BCUT2D eigenvalue weighted by Gasteiger charge is -2.35. The summed E-state index contributed by atoms with van der Waals surface area (Å²) in [5, 5.41) is 0. The molecule has 94 valence electrons. The molecule has 4 nitrogen and oxygen atoms in total. The molecule has 0 aliphatic heterocycles. The lowest BCUT2D eigenvalue weighted by atomic mass is 9.83. The van der Waals surface area contributed by atoms with Crippen molar-refractivity contribution in [3.8, 4) is 0 Å². The maximum atomic E-state index is 10.8. The molecule has 2 rings (SSSR count). The van der Waals surface area contributed by atoms with E-state index in [1.807, 2.05) is 30.3 Å². The van der Waals surface area contributed by atoms with Gasteiger partial charge < -0.3 is 4.74 Å². The van der Waals surface area contributed by atoms with Crippen LogP contribution in [0.1, 0.15) is 18.4 Å². The molecule has 0 unspecified atom stereocenters. The smallest absolute Gasteiger partial charge is 0.265 e. The van der Waals surface area contributed by atoms with E-state index in [2.05, 4.69) is 0 Å². The van der Waals surface area contributed by atoms with Crippen LogP contribution in [0.5, 0.6) is 0 Å². The first-order chi connectivity index (χ1) is 8.04. The average Bonchev–Trinajstić information content (AvgIpc) is 2.25. The summed E-state index contributed by atoms with van der Waals surface area (Å²) in [6, 6.07) is 9.76. The summed E-state index contributed by atoms with van der Waals surface area (Å²) in [5.74, 6) is -0.249. The molecule has 1 saturated carbocycles. The van der Waals surface area contributed by atoms with E-state index in [9.17, 15) is 8.42 Å². The molecule has 1 aromatic rings. The standard InChI is InChI=1S/C12H16O4S/c13-17(14,15)9-11-6-7-12(11)16-8-10-4-2-1-3-5-10/h1-5,11-12H,6-9H2,(H,13,14,15)/t11-,12-/m0/s1. The molecule has 1 fully saturated rings. The Morgan fingerprint density at radius 3 is 2.47 bits per heavy atom. The first kappa shape index (κ1) is 12.5. The van der Waals surface area contributed by atoms with E-state index in [-0.39, 0.29) is 17.8 Å². The van der Waals surface area contributed by atoms with Gasteiger partial charge in [0.2, 0.25) is 0 Å². The lowest BCUT2D eigenvalue weighted by molar-refractivity contribution is -0.0480. The molecule has 2 atom stereocenters. The Hall–Kier alpha value is -0.910. The first-order valence-corrected chi connectivity index (χ1v) is 7.26. The number of rotatable bonds is 5. The number of ether oxygens (including phenoxy) is 1. The number of hydrogen-bond acceptors (Lipinski definition) is 3. The van der Waals surface area contributed by atoms with Gasteiger partial charge in [-0.25, -0.2) is 0 Å². The van der Waals surface area contributed by atoms with E-state index >= 15 is 0 Å². The highest BCUT2D eigenvalue weighted by atomic mass is 32.2. The topological polar surface area (TPSA) is 63.6 Å². The minimum Gasteiger partial charge on any atom is -0.373 e. The second-order valence-electron chi connectivity index (χ2n) is 4.42. The molecule has 0 bridgehead atoms. The van der Waals surface area contributed by atoms with Gasteiger partial charge in [-0.05, 0) is 18.4 Å². The Balaban J connectivity index is 1.81. The van der Waals surface area contributed by atoms with Gasteiger partial charge >= 0.3 is 0 Å². The highest BCUT2D eigenvalue weighted by Gasteiger charge is 2.34. The van der Waals surface area contributed by atoms with Crippen molar-refractivity contribution < 1.29 is 17.7 Å². The van der Waals surface area contributed by atoms with Crippen molar-refractivity contribution in [3.05, 3.63) is 35.9 Å². The molecular formula is C12H16O4S. The van der Waals surface area contributed by atoms with Crippen LogP contribution >= 0.6 is 0 Å². The largest absolute Gasteiger partial charge is 0.373 e. The zero-order chi connectivity index (χ0) is 12.3. The molecule has 0 aromatic heterocycles. The van der Waals surface area contributed by atoms with Gasteiger partial charge in [-0.1, -0.05) is 30.3 Å². The van der Waals surface area contributed by atoms with Gasteiger partial charge in [0.15, 0.2) is 0 Å². The van der Waals surface area contributed by atoms with Crippen molar-refractivity contribution in [2.45, 2.75) is 25.6 Å². The van der Waals surface area contributed by atoms with E-state index in [1.54, 1.807) is 0 Å². The zero-order valence-electron chi connectivity index (χ0n) is 9.45. The minimum absolute atomic E-state index is 0.0443. The molecule has 0 radical (unpaired) electrons. The molecular weight excluding hydrogens is 240 g/mol. The zero-order valence-corrected chi connectivity index (χ0v) is 10.3. The summed E-state index contributed by atoms with van der Waals surface area (Å²) in [6.45, 7) is 0.494. The molecule has 17 heavy (non-hydrogen) atoms. The molecule has 1 aliphatic rings. The third-order valence-electron chi connectivity index (χ3n) is 3.08. The van der Waals surface area contributed by atoms with Crippen LogP contribution < -0.4 is 0 Å². The summed E-state index contributed by atoms with van der Waals surface area (Å²) in [7, 11) is -3.88. The van der Waals surface area contributed by atoms with Crippen LogP contribution in [-0.2, 0) is 21.5 Å². The maximum absolute atomic E-state index is 10.8. The van der Waals surface area contributed by atoms with E-state index < -0.39 is 10.1 Å². The van der Waals surface area contributed by atoms with Crippen molar-refractivity contribution in [1.82, 2.24) is 0 Å². The monoisotopic (exact) mass is 256 g/mol. The van der Waals surface area contributed by atoms with Crippen LogP contribution in [-0.4, -0.2) is 24.8 Å². The quantitative estimate of drug-likeness (QED) is 0.817. The summed E-state index contributed by atoms with van der Waals surface area (Å²) in [6.07, 6.45) is 1.63. The fourth-order valence-corrected chi connectivity index (χ4v) is 2.92. The van der Waals surface area contributed by atoms with Crippen molar-refractivity contribution in [2.75, 3.05) is 5.75 Å². The van der Waals surface area contributed by atoms with E-state index in [0.717, 1.165) is 18.4 Å². The average molecular weight is 256 g/mol. The van der Waals surface area contributed by atoms with Crippen LogP contribution in [0.15, 0.2) is 30.3 Å². The number of hydrogen-bond donors (Lipinski definition) is 1. The van der Waals surface area contributed by atoms with Gasteiger partial charge in [0.1, 0.15) is 0 Å². The van der Waals surface area contributed by atoms with Crippen LogP contribution in [0.2, 0.25) is 0 Å². The first-order valence-electron chi connectivity index (χ1n) is 5.65. The Kier molecular flexibility index (Phi) is 3.81. The Labute approximate surface area is 101 Å². The fraction of sp³-hybridized carbons (Fsp3) is 0.500. The Bertz CT molecular complexity index is 455. The van der Waals surface area contributed by atoms with E-state index in [1.165, 1.54) is 0 Å². The lowest BCUT2D eigenvalue weighted by Crippen LogP contribution is -2.38. The normalized spacial score (nSPS) is 24.3. The van der Waals surface area contributed by atoms with E-state index in [4.69, 9.17) is 9.29 Å². The molecule has 1 aliphatic carbocycles. The van der Waals surface area contributed by atoms with Gasteiger partial charge in [0.25, 0.3) is 10.1 Å². The second-order valence-corrected chi connectivity index (χ2v) is 5.92.